The largest absolute Gasteiger partial charge is 0.496 e. The Labute approximate surface area is 121 Å². The van der Waals surface area contributed by atoms with Gasteiger partial charge in [0.2, 0.25) is 5.91 Å². The SMILES string of the molecule is CC(=O)N(C)c1ccccc1B1OC(C)(C)C(C)(C)O1. The Bertz CT molecular complexity index is 512. The highest BCUT2D eigenvalue weighted by Crippen LogP contribution is 2.37. The highest BCUT2D eigenvalue weighted by atomic mass is 16.7. The van der Waals surface area contributed by atoms with Crippen LogP contribution in [0.15, 0.2) is 24.3 Å². The predicted molar refractivity (Wildman–Crippen MR) is 81.2 cm³/mol. The van der Waals surface area contributed by atoms with E-state index in [1.807, 2.05) is 52.0 Å². The molecule has 20 heavy (non-hydrogen) atoms. The summed E-state index contributed by atoms with van der Waals surface area (Å²) in [6.45, 7) is 9.62. The van der Waals surface area contributed by atoms with Crippen molar-refractivity contribution in [1.29, 1.82) is 0 Å². The van der Waals surface area contributed by atoms with E-state index in [9.17, 15) is 4.79 Å². The topological polar surface area (TPSA) is 38.8 Å². The molecule has 0 bridgehead atoms. The third kappa shape index (κ3) is 2.48. The lowest BCUT2D eigenvalue weighted by molar-refractivity contribution is -0.116. The van der Waals surface area contributed by atoms with Crippen LogP contribution in [0.3, 0.4) is 0 Å². The Balaban J connectivity index is 2.38. The minimum atomic E-state index is -0.460. The van der Waals surface area contributed by atoms with Gasteiger partial charge >= 0.3 is 7.12 Å². The molecular formula is C15H22BNO3. The molecule has 1 saturated heterocycles. The maximum absolute atomic E-state index is 11.6. The van der Waals surface area contributed by atoms with E-state index in [0.717, 1.165) is 11.2 Å². The molecular weight excluding hydrogens is 253 g/mol. The standard InChI is InChI=1S/C15H22BNO3/c1-11(18)17(6)13-10-8-7-9-12(13)16-19-14(2,3)15(4,5)20-16/h7-10H,1-6H3. The number of benzene rings is 1. The van der Waals surface area contributed by atoms with Crippen LogP contribution < -0.4 is 10.4 Å². The van der Waals surface area contributed by atoms with Crippen molar-refractivity contribution < 1.29 is 14.1 Å². The number of hydrogen-bond acceptors (Lipinski definition) is 3. The van der Waals surface area contributed by atoms with Crippen molar-refractivity contribution in [2.45, 2.75) is 45.8 Å². The molecule has 0 spiro atoms. The molecule has 0 aliphatic carbocycles. The van der Waals surface area contributed by atoms with Gasteiger partial charge in [-0.15, -0.1) is 0 Å². The molecule has 0 atom stereocenters. The number of nitrogens with zero attached hydrogens (tertiary/aromatic N) is 1. The van der Waals surface area contributed by atoms with E-state index in [4.69, 9.17) is 9.31 Å². The minimum absolute atomic E-state index is 0.0195. The summed E-state index contributed by atoms with van der Waals surface area (Å²) in [4.78, 5) is 13.2. The third-order valence-electron chi connectivity index (χ3n) is 4.28. The van der Waals surface area contributed by atoms with Crippen LogP contribution in [0.5, 0.6) is 0 Å². The van der Waals surface area contributed by atoms with Crippen molar-refractivity contribution in [3.63, 3.8) is 0 Å². The van der Waals surface area contributed by atoms with Crippen LogP contribution >= 0.6 is 0 Å². The highest BCUT2D eigenvalue weighted by Gasteiger charge is 2.52. The van der Waals surface area contributed by atoms with Crippen LogP contribution in [0.25, 0.3) is 0 Å². The summed E-state index contributed by atoms with van der Waals surface area (Å²) < 4.78 is 12.1. The molecule has 108 valence electrons. The summed E-state index contributed by atoms with van der Waals surface area (Å²) in [5.41, 5.74) is 0.918. The number of amides is 1. The van der Waals surface area contributed by atoms with Gasteiger partial charge in [0.15, 0.2) is 0 Å². The summed E-state index contributed by atoms with van der Waals surface area (Å²) in [7, 11) is 1.30. The Morgan fingerprint density at radius 2 is 1.60 bits per heavy atom. The molecule has 1 aliphatic heterocycles. The van der Waals surface area contributed by atoms with Gasteiger partial charge in [-0.05, 0) is 33.8 Å². The summed E-state index contributed by atoms with van der Waals surface area (Å²) in [6.07, 6.45) is 0. The molecule has 1 heterocycles. The second-order valence-corrected chi connectivity index (χ2v) is 6.23. The summed E-state index contributed by atoms with van der Waals surface area (Å²) in [6, 6.07) is 7.68. The highest BCUT2D eigenvalue weighted by molar-refractivity contribution is 6.64. The molecule has 0 N–H and O–H groups in total. The molecule has 1 fully saturated rings. The van der Waals surface area contributed by atoms with E-state index in [2.05, 4.69) is 0 Å². The average molecular weight is 275 g/mol. The quantitative estimate of drug-likeness (QED) is 0.774. The molecule has 0 aromatic heterocycles. The van der Waals surface area contributed by atoms with E-state index in [1.165, 1.54) is 0 Å². The van der Waals surface area contributed by atoms with Gasteiger partial charge in [0.25, 0.3) is 0 Å². The van der Waals surface area contributed by atoms with Gasteiger partial charge in [0.1, 0.15) is 0 Å². The molecule has 5 heteroatoms. The van der Waals surface area contributed by atoms with Gasteiger partial charge in [0.05, 0.1) is 11.2 Å². The fourth-order valence-corrected chi connectivity index (χ4v) is 2.13. The zero-order valence-electron chi connectivity index (χ0n) is 13.1. The van der Waals surface area contributed by atoms with Crippen molar-refractivity contribution in [3.8, 4) is 0 Å². The van der Waals surface area contributed by atoms with Crippen LogP contribution in [0.2, 0.25) is 0 Å². The Kier molecular flexibility index (Phi) is 3.69. The summed E-state index contributed by atoms with van der Waals surface area (Å²) in [5.74, 6) is -0.0195. The summed E-state index contributed by atoms with van der Waals surface area (Å²) >= 11 is 0. The number of hydrogen-bond donors (Lipinski definition) is 0. The first-order valence-electron chi connectivity index (χ1n) is 6.84. The summed E-state index contributed by atoms with van der Waals surface area (Å²) in [5, 5.41) is 0. The lowest BCUT2D eigenvalue weighted by atomic mass is 9.77. The van der Waals surface area contributed by atoms with E-state index in [0.29, 0.717) is 0 Å². The maximum atomic E-state index is 11.6. The smallest absolute Gasteiger partial charge is 0.399 e. The number of carbonyl (C=O) groups is 1. The fraction of sp³-hybridized carbons (Fsp3) is 0.533. The van der Waals surface area contributed by atoms with Crippen LogP contribution in [0.4, 0.5) is 5.69 Å². The van der Waals surface area contributed by atoms with Crippen molar-refractivity contribution in [2.75, 3.05) is 11.9 Å². The van der Waals surface area contributed by atoms with Crippen LogP contribution in [0.1, 0.15) is 34.6 Å². The first-order valence-corrected chi connectivity index (χ1v) is 6.84. The van der Waals surface area contributed by atoms with Gasteiger partial charge < -0.3 is 14.2 Å². The molecule has 0 unspecified atom stereocenters. The van der Waals surface area contributed by atoms with E-state index >= 15 is 0 Å². The van der Waals surface area contributed by atoms with Gasteiger partial charge in [-0.3, -0.25) is 4.79 Å². The lowest BCUT2D eigenvalue weighted by Gasteiger charge is -2.32. The van der Waals surface area contributed by atoms with Gasteiger partial charge in [0, 0.05) is 25.1 Å². The van der Waals surface area contributed by atoms with Crippen molar-refractivity contribution in [2.24, 2.45) is 0 Å². The van der Waals surface area contributed by atoms with Crippen LogP contribution in [-0.4, -0.2) is 31.3 Å². The molecule has 1 amide bonds. The Morgan fingerprint density at radius 1 is 1.10 bits per heavy atom. The van der Waals surface area contributed by atoms with Crippen molar-refractivity contribution in [3.05, 3.63) is 24.3 Å². The number of rotatable bonds is 2. The maximum Gasteiger partial charge on any atom is 0.496 e. The normalized spacial score (nSPS) is 20.0. The molecule has 1 aliphatic rings. The van der Waals surface area contributed by atoms with Gasteiger partial charge in [-0.1, -0.05) is 18.2 Å². The zero-order valence-corrected chi connectivity index (χ0v) is 13.1. The predicted octanol–water partition coefficient (Wildman–Crippen LogP) is 1.97. The molecule has 2 rings (SSSR count). The van der Waals surface area contributed by atoms with Gasteiger partial charge in [-0.2, -0.15) is 0 Å². The number of anilines is 1. The van der Waals surface area contributed by atoms with E-state index in [-0.39, 0.29) is 17.1 Å². The van der Waals surface area contributed by atoms with Crippen LogP contribution in [-0.2, 0) is 14.1 Å². The third-order valence-corrected chi connectivity index (χ3v) is 4.28. The molecule has 1 aromatic rings. The first kappa shape index (κ1) is 15.1. The van der Waals surface area contributed by atoms with E-state index < -0.39 is 7.12 Å². The fourth-order valence-electron chi connectivity index (χ4n) is 2.13. The molecule has 1 aromatic carbocycles. The Hall–Kier alpha value is -1.33. The van der Waals surface area contributed by atoms with E-state index in [1.54, 1.807) is 18.9 Å². The van der Waals surface area contributed by atoms with Crippen LogP contribution in [0, 0.1) is 0 Å². The first-order chi connectivity index (χ1) is 9.16. The number of carbonyl (C=O) groups excluding carboxylic acids is 1. The molecule has 0 saturated carbocycles. The van der Waals surface area contributed by atoms with Crippen molar-refractivity contribution in [1.82, 2.24) is 0 Å². The lowest BCUT2D eigenvalue weighted by Crippen LogP contribution is -2.41. The molecule has 0 radical (unpaired) electrons. The Morgan fingerprint density at radius 3 is 2.10 bits per heavy atom. The monoisotopic (exact) mass is 275 g/mol. The molecule has 4 nitrogen and oxygen atoms in total. The second kappa shape index (κ2) is 4.90. The average Bonchev–Trinajstić information content (AvgIpc) is 2.57. The zero-order chi connectivity index (χ0) is 15.1. The van der Waals surface area contributed by atoms with Crippen molar-refractivity contribution >= 4 is 24.2 Å². The van der Waals surface area contributed by atoms with Gasteiger partial charge in [-0.25, -0.2) is 0 Å². The minimum Gasteiger partial charge on any atom is -0.399 e. The number of para-hydroxylation sites is 1. The second-order valence-electron chi connectivity index (χ2n) is 6.23.